The van der Waals surface area contributed by atoms with Gasteiger partial charge in [-0.3, -0.25) is 9.78 Å². The molecule has 1 saturated heterocycles. The van der Waals surface area contributed by atoms with Crippen LogP contribution in [0.4, 0.5) is 4.79 Å². The molecule has 9 heteroatoms. The monoisotopic (exact) mass is 394 g/mol. The van der Waals surface area contributed by atoms with E-state index in [4.69, 9.17) is 9.57 Å². The Balaban J connectivity index is 1.58. The molecule has 1 spiro atoms. The van der Waals surface area contributed by atoms with Crippen LogP contribution in [0.1, 0.15) is 57.9 Å². The predicted molar refractivity (Wildman–Crippen MR) is 102 cm³/mol. The zero-order chi connectivity index (χ0) is 19.7. The van der Waals surface area contributed by atoms with Crippen molar-refractivity contribution in [3.8, 4) is 0 Å². The molecule has 0 aliphatic carbocycles. The van der Waals surface area contributed by atoms with Crippen molar-refractivity contribution < 1.29 is 19.2 Å². The zero-order valence-corrected chi connectivity index (χ0v) is 17.0. The van der Waals surface area contributed by atoms with Crippen LogP contribution in [0.3, 0.4) is 0 Å². The Labute approximate surface area is 162 Å². The van der Waals surface area contributed by atoms with Gasteiger partial charge < -0.3 is 19.8 Å². The maximum Gasteiger partial charge on any atom is 0.410 e. The van der Waals surface area contributed by atoms with Gasteiger partial charge >= 0.3 is 6.09 Å². The fourth-order valence-corrected chi connectivity index (χ4v) is 3.86. The van der Waals surface area contributed by atoms with Crippen LogP contribution in [0, 0.1) is 0 Å². The maximum absolute atomic E-state index is 12.5. The lowest BCUT2D eigenvalue weighted by Crippen LogP contribution is -2.52. The number of piperidine rings is 1. The second-order valence-corrected chi connectivity index (χ2v) is 9.01. The standard InChI is InChI=1S/C18H26N4O4S/c1-12(14-9-19-11-27-14)20-15(23)13-8-18(26-21-13)6-5-7-22(10-18)16(24)25-17(2,3)4/h9,11-12H,5-8,10H2,1-4H3,(H,20,23)/t12-,18?/m0/s1. The van der Waals surface area contributed by atoms with Gasteiger partial charge in [0, 0.05) is 24.0 Å². The first-order valence-corrected chi connectivity index (χ1v) is 9.98. The second kappa shape index (κ2) is 7.46. The first-order chi connectivity index (χ1) is 12.7. The fourth-order valence-electron chi connectivity index (χ4n) is 3.23. The van der Waals surface area contributed by atoms with Crippen LogP contribution in [-0.4, -0.2) is 51.9 Å². The van der Waals surface area contributed by atoms with Gasteiger partial charge in [0.1, 0.15) is 11.3 Å². The van der Waals surface area contributed by atoms with Gasteiger partial charge in [-0.05, 0) is 40.5 Å². The van der Waals surface area contributed by atoms with Gasteiger partial charge in [0.25, 0.3) is 5.91 Å². The van der Waals surface area contributed by atoms with Crippen molar-refractivity contribution in [1.29, 1.82) is 0 Å². The van der Waals surface area contributed by atoms with Gasteiger partial charge in [-0.1, -0.05) is 5.16 Å². The Morgan fingerprint density at radius 1 is 1.44 bits per heavy atom. The van der Waals surface area contributed by atoms with E-state index in [1.807, 2.05) is 27.7 Å². The van der Waals surface area contributed by atoms with Gasteiger partial charge in [0.05, 0.1) is 18.1 Å². The number of amides is 2. The van der Waals surface area contributed by atoms with Gasteiger partial charge in [-0.25, -0.2) is 4.79 Å². The highest BCUT2D eigenvalue weighted by atomic mass is 32.1. The minimum absolute atomic E-state index is 0.145. The molecule has 1 N–H and O–H groups in total. The van der Waals surface area contributed by atoms with E-state index >= 15 is 0 Å². The normalized spacial score (nSPS) is 23.6. The highest BCUT2D eigenvalue weighted by Gasteiger charge is 2.46. The number of rotatable bonds is 3. The smallest absolute Gasteiger partial charge is 0.410 e. The van der Waals surface area contributed by atoms with Crippen molar-refractivity contribution in [3.05, 3.63) is 16.6 Å². The summed E-state index contributed by atoms with van der Waals surface area (Å²) >= 11 is 1.49. The molecular weight excluding hydrogens is 368 g/mol. The molecule has 2 amide bonds. The molecule has 0 aromatic carbocycles. The third-order valence-electron chi connectivity index (χ3n) is 4.52. The SMILES string of the molecule is C[C@H](NC(=O)C1=NOC2(CCCN(C(=O)OC(C)(C)C)C2)C1)c1cncs1. The summed E-state index contributed by atoms with van der Waals surface area (Å²) in [6.07, 6.45) is 3.29. The van der Waals surface area contributed by atoms with E-state index in [0.29, 0.717) is 25.2 Å². The highest BCUT2D eigenvalue weighted by Crippen LogP contribution is 2.34. The Kier molecular flexibility index (Phi) is 5.41. The molecule has 1 unspecified atom stereocenters. The van der Waals surface area contributed by atoms with Crippen LogP contribution in [0.2, 0.25) is 0 Å². The Morgan fingerprint density at radius 2 is 2.22 bits per heavy atom. The fraction of sp³-hybridized carbons (Fsp3) is 0.667. The molecular formula is C18H26N4O4S. The first kappa shape index (κ1) is 19.6. The van der Waals surface area contributed by atoms with Crippen LogP contribution in [0.25, 0.3) is 0 Å². The molecule has 2 aliphatic heterocycles. The third kappa shape index (κ3) is 4.77. The lowest BCUT2D eigenvalue weighted by Gasteiger charge is -2.38. The highest BCUT2D eigenvalue weighted by molar-refractivity contribution is 7.09. The van der Waals surface area contributed by atoms with Crippen LogP contribution in [0.5, 0.6) is 0 Å². The molecule has 0 bridgehead atoms. The molecule has 3 heterocycles. The van der Waals surface area contributed by atoms with E-state index < -0.39 is 11.2 Å². The lowest BCUT2D eigenvalue weighted by atomic mass is 9.88. The quantitative estimate of drug-likeness (QED) is 0.851. The Hall–Kier alpha value is -2.16. The van der Waals surface area contributed by atoms with Gasteiger partial charge in [0.2, 0.25) is 0 Å². The predicted octanol–water partition coefficient (Wildman–Crippen LogP) is 2.87. The van der Waals surface area contributed by atoms with Crippen LogP contribution >= 0.6 is 11.3 Å². The first-order valence-electron chi connectivity index (χ1n) is 9.10. The molecule has 1 aromatic heterocycles. The van der Waals surface area contributed by atoms with E-state index in [-0.39, 0.29) is 18.0 Å². The maximum atomic E-state index is 12.5. The van der Waals surface area contributed by atoms with Crippen molar-refractivity contribution in [2.45, 2.75) is 64.2 Å². The second-order valence-electron chi connectivity index (χ2n) is 8.09. The minimum atomic E-state index is -0.643. The molecule has 3 rings (SSSR count). The number of carbonyl (C=O) groups is 2. The summed E-state index contributed by atoms with van der Waals surface area (Å²) in [6.45, 7) is 8.41. The van der Waals surface area contributed by atoms with Gasteiger partial charge in [-0.2, -0.15) is 0 Å². The number of carbonyl (C=O) groups excluding carboxylic acids is 2. The summed E-state index contributed by atoms with van der Waals surface area (Å²) in [5.41, 5.74) is 0.899. The van der Waals surface area contributed by atoms with E-state index in [1.165, 1.54) is 11.3 Å². The Bertz CT molecular complexity index is 728. The number of thiazole rings is 1. The van der Waals surface area contributed by atoms with Crippen molar-refractivity contribution >= 4 is 29.0 Å². The van der Waals surface area contributed by atoms with Crippen LogP contribution in [-0.2, 0) is 14.4 Å². The molecule has 148 valence electrons. The molecule has 27 heavy (non-hydrogen) atoms. The average molecular weight is 394 g/mol. The summed E-state index contributed by atoms with van der Waals surface area (Å²) in [5.74, 6) is -0.248. The molecule has 2 aliphatic rings. The zero-order valence-electron chi connectivity index (χ0n) is 16.2. The number of hydrogen-bond donors (Lipinski definition) is 1. The van der Waals surface area contributed by atoms with Crippen molar-refractivity contribution in [1.82, 2.24) is 15.2 Å². The molecule has 0 saturated carbocycles. The number of ether oxygens (including phenoxy) is 1. The summed E-state index contributed by atoms with van der Waals surface area (Å²) < 4.78 is 5.46. The number of oxime groups is 1. The van der Waals surface area contributed by atoms with Crippen molar-refractivity contribution in [2.75, 3.05) is 13.1 Å². The molecule has 0 radical (unpaired) electrons. The number of likely N-dealkylation sites (tertiary alicyclic amines) is 1. The minimum Gasteiger partial charge on any atom is -0.444 e. The molecule has 8 nitrogen and oxygen atoms in total. The number of nitrogens with one attached hydrogen (secondary N) is 1. The van der Waals surface area contributed by atoms with Crippen LogP contribution < -0.4 is 5.32 Å². The van der Waals surface area contributed by atoms with Gasteiger partial charge in [0.15, 0.2) is 5.60 Å². The summed E-state index contributed by atoms with van der Waals surface area (Å²) in [7, 11) is 0. The largest absolute Gasteiger partial charge is 0.444 e. The summed E-state index contributed by atoms with van der Waals surface area (Å²) in [5, 5.41) is 6.96. The van der Waals surface area contributed by atoms with E-state index in [2.05, 4.69) is 15.5 Å². The van der Waals surface area contributed by atoms with E-state index in [9.17, 15) is 9.59 Å². The van der Waals surface area contributed by atoms with Crippen LogP contribution in [0.15, 0.2) is 16.9 Å². The van der Waals surface area contributed by atoms with Crippen molar-refractivity contribution in [3.63, 3.8) is 0 Å². The molecule has 1 aromatic rings. The number of aromatic nitrogens is 1. The molecule has 2 atom stereocenters. The Morgan fingerprint density at radius 3 is 2.89 bits per heavy atom. The summed E-state index contributed by atoms with van der Waals surface area (Å²) in [6, 6.07) is -0.145. The van der Waals surface area contributed by atoms with E-state index in [0.717, 1.165) is 17.7 Å². The number of hydrogen-bond acceptors (Lipinski definition) is 7. The van der Waals surface area contributed by atoms with E-state index in [1.54, 1.807) is 16.6 Å². The topological polar surface area (TPSA) is 93.1 Å². The van der Waals surface area contributed by atoms with Gasteiger partial charge in [-0.15, -0.1) is 11.3 Å². The average Bonchev–Trinajstić information content (AvgIpc) is 3.24. The number of nitrogens with zero attached hydrogens (tertiary/aromatic N) is 3. The molecule has 1 fully saturated rings. The summed E-state index contributed by atoms with van der Waals surface area (Å²) in [4.78, 5) is 37.2. The van der Waals surface area contributed by atoms with Crippen molar-refractivity contribution in [2.24, 2.45) is 5.16 Å². The third-order valence-corrected chi connectivity index (χ3v) is 5.48. The lowest BCUT2D eigenvalue weighted by molar-refractivity contribution is -0.115.